The summed E-state index contributed by atoms with van der Waals surface area (Å²) < 4.78 is 0. The van der Waals surface area contributed by atoms with Gasteiger partial charge in [-0.05, 0) is 12.3 Å². The highest BCUT2D eigenvalue weighted by molar-refractivity contribution is 5.79. The molecule has 0 fully saturated rings. The summed E-state index contributed by atoms with van der Waals surface area (Å²) in [5.74, 6) is 0.843. The molecular formula is C14H21N5O. The summed E-state index contributed by atoms with van der Waals surface area (Å²) in [5, 5.41) is 10.5. The zero-order valence-electron chi connectivity index (χ0n) is 12.4. The van der Waals surface area contributed by atoms with Gasteiger partial charge < -0.3 is 0 Å². The topological polar surface area (TPSA) is 81.9 Å². The zero-order chi connectivity index (χ0) is 15.1. The minimum absolute atomic E-state index is 0.0507. The molecule has 0 spiro atoms. The molecule has 0 saturated heterocycles. The molecule has 0 aliphatic carbocycles. The van der Waals surface area contributed by atoms with Crippen molar-refractivity contribution in [2.24, 2.45) is 11.8 Å². The van der Waals surface area contributed by atoms with Crippen LogP contribution in [-0.2, 0) is 4.79 Å². The first kappa shape index (κ1) is 15.9. The van der Waals surface area contributed by atoms with E-state index >= 15 is 0 Å². The molecule has 1 unspecified atom stereocenters. The number of rotatable bonds is 6. The second kappa shape index (κ2) is 7.43. The third-order valence-electron chi connectivity index (χ3n) is 2.87. The lowest BCUT2D eigenvalue weighted by molar-refractivity contribution is -0.124. The number of carbonyl (C=O) groups excluding carboxylic acids is 1. The maximum absolute atomic E-state index is 12.0. The first-order chi connectivity index (χ1) is 9.47. The summed E-state index contributed by atoms with van der Waals surface area (Å²) in [5.41, 5.74) is 2.86. The van der Waals surface area contributed by atoms with E-state index in [4.69, 9.17) is 5.26 Å². The predicted octanol–water partition coefficient (Wildman–Crippen LogP) is 1.89. The van der Waals surface area contributed by atoms with Crippen molar-refractivity contribution in [1.82, 2.24) is 15.4 Å². The molecule has 1 aromatic rings. The van der Waals surface area contributed by atoms with E-state index in [0.717, 1.165) is 6.42 Å². The molecular weight excluding hydrogens is 254 g/mol. The summed E-state index contributed by atoms with van der Waals surface area (Å²) in [6.07, 6.45) is 2.29. The third-order valence-corrected chi connectivity index (χ3v) is 2.87. The fraction of sp³-hybridized carbons (Fsp3) is 0.571. The molecule has 0 aromatic carbocycles. The first-order valence-corrected chi connectivity index (χ1v) is 6.79. The Balaban J connectivity index is 2.94. The van der Waals surface area contributed by atoms with Gasteiger partial charge >= 0.3 is 0 Å². The van der Waals surface area contributed by atoms with Gasteiger partial charge in [0.05, 0.1) is 0 Å². The van der Waals surface area contributed by atoms with Crippen LogP contribution in [0.5, 0.6) is 0 Å². The minimum Gasteiger partial charge on any atom is -0.273 e. The molecule has 0 aliphatic rings. The Morgan fingerprint density at radius 3 is 2.75 bits per heavy atom. The monoisotopic (exact) mass is 275 g/mol. The Morgan fingerprint density at radius 1 is 1.50 bits per heavy atom. The zero-order valence-corrected chi connectivity index (χ0v) is 12.4. The number of carbonyl (C=O) groups is 1. The summed E-state index contributed by atoms with van der Waals surface area (Å²) in [6.45, 7) is 8.56. The van der Waals surface area contributed by atoms with Gasteiger partial charge in [0.2, 0.25) is 11.7 Å². The van der Waals surface area contributed by atoms with Crippen LogP contribution in [0.15, 0.2) is 12.3 Å². The number of hydrazine groups is 1. The fourth-order valence-electron chi connectivity index (χ4n) is 1.54. The summed E-state index contributed by atoms with van der Waals surface area (Å²) in [6, 6.07) is 3.58. The van der Waals surface area contributed by atoms with Gasteiger partial charge in [0.25, 0.3) is 0 Å². The first-order valence-electron chi connectivity index (χ1n) is 6.79. The van der Waals surface area contributed by atoms with Gasteiger partial charge in [-0.3, -0.25) is 15.2 Å². The molecule has 0 saturated carbocycles. The number of hydrogen-bond acceptors (Lipinski definition) is 5. The number of aromatic nitrogens is 2. The lowest BCUT2D eigenvalue weighted by Gasteiger charge is -2.27. The number of anilines is 1. The molecule has 1 atom stereocenters. The maximum atomic E-state index is 12.0. The van der Waals surface area contributed by atoms with E-state index in [1.54, 1.807) is 11.1 Å². The molecule has 1 heterocycles. The van der Waals surface area contributed by atoms with E-state index in [9.17, 15) is 4.79 Å². The summed E-state index contributed by atoms with van der Waals surface area (Å²) >= 11 is 0. The van der Waals surface area contributed by atoms with Crippen LogP contribution in [0.3, 0.4) is 0 Å². The highest BCUT2D eigenvalue weighted by atomic mass is 16.2. The van der Waals surface area contributed by atoms with Crippen LogP contribution < -0.4 is 10.4 Å². The number of amides is 1. The molecule has 20 heavy (non-hydrogen) atoms. The Morgan fingerprint density at radius 2 is 2.20 bits per heavy atom. The smallest absolute Gasteiger partial charge is 0.241 e. The van der Waals surface area contributed by atoms with Crippen molar-refractivity contribution < 1.29 is 4.79 Å². The normalized spacial score (nSPS) is 11.8. The molecule has 6 nitrogen and oxygen atoms in total. The van der Waals surface area contributed by atoms with Gasteiger partial charge in [-0.1, -0.05) is 27.7 Å². The SMILES string of the molecule is CCC(C)C(=O)NN(CC(C)C)c1ccnc(C#N)n1. The molecule has 0 bridgehead atoms. The van der Waals surface area contributed by atoms with Gasteiger partial charge in [0.1, 0.15) is 6.07 Å². The molecule has 1 amide bonds. The van der Waals surface area contributed by atoms with Crippen molar-refractivity contribution in [3.05, 3.63) is 18.1 Å². The highest BCUT2D eigenvalue weighted by Gasteiger charge is 2.17. The Kier molecular flexibility index (Phi) is 5.91. The van der Waals surface area contributed by atoms with Crippen molar-refractivity contribution >= 4 is 11.7 Å². The number of nitrogens with one attached hydrogen (secondary N) is 1. The highest BCUT2D eigenvalue weighted by Crippen LogP contribution is 2.11. The van der Waals surface area contributed by atoms with E-state index in [0.29, 0.717) is 18.3 Å². The third kappa shape index (κ3) is 4.50. The van der Waals surface area contributed by atoms with Crippen LogP contribution >= 0.6 is 0 Å². The summed E-state index contributed by atoms with van der Waals surface area (Å²) in [4.78, 5) is 20.0. The van der Waals surface area contributed by atoms with E-state index in [1.807, 2.05) is 19.9 Å². The van der Waals surface area contributed by atoms with Gasteiger partial charge in [-0.15, -0.1) is 0 Å². The second-order valence-corrected chi connectivity index (χ2v) is 5.14. The van der Waals surface area contributed by atoms with Crippen LogP contribution in [0.25, 0.3) is 0 Å². The molecule has 6 heteroatoms. The van der Waals surface area contributed by atoms with E-state index in [2.05, 4.69) is 29.2 Å². The quantitative estimate of drug-likeness (QED) is 0.802. The minimum atomic E-state index is -0.0677. The van der Waals surface area contributed by atoms with Crippen molar-refractivity contribution in [3.63, 3.8) is 0 Å². The van der Waals surface area contributed by atoms with E-state index in [-0.39, 0.29) is 17.6 Å². The second-order valence-electron chi connectivity index (χ2n) is 5.14. The van der Waals surface area contributed by atoms with Crippen molar-refractivity contribution in [2.75, 3.05) is 11.6 Å². The molecule has 1 aromatic heterocycles. The van der Waals surface area contributed by atoms with Crippen LogP contribution in [0.4, 0.5) is 5.82 Å². The Labute approximate surface area is 119 Å². The van der Waals surface area contributed by atoms with Crippen LogP contribution in [-0.4, -0.2) is 22.4 Å². The van der Waals surface area contributed by atoms with E-state index < -0.39 is 0 Å². The van der Waals surface area contributed by atoms with Gasteiger partial charge in [-0.2, -0.15) is 10.2 Å². The predicted molar refractivity (Wildman–Crippen MR) is 76.5 cm³/mol. The fourth-order valence-corrected chi connectivity index (χ4v) is 1.54. The lowest BCUT2D eigenvalue weighted by atomic mass is 10.1. The molecule has 1 N–H and O–H groups in total. The molecule has 108 valence electrons. The molecule has 1 rings (SSSR count). The van der Waals surface area contributed by atoms with Gasteiger partial charge in [-0.25, -0.2) is 4.98 Å². The Bertz CT molecular complexity index is 495. The Hall–Kier alpha value is -2.16. The van der Waals surface area contributed by atoms with Crippen LogP contribution in [0, 0.1) is 23.2 Å². The van der Waals surface area contributed by atoms with Crippen molar-refractivity contribution in [3.8, 4) is 6.07 Å². The number of hydrogen-bond donors (Lipinski definition) is 1. The van der Waals surface area contributed by atoms with Crippen LogP contribution in [0.1, 0.15) is 39.9 Å². The van der Waals surface area contributed by atoms with Gasteiger partial charge in [0, 0.05) is 24.7 Å². The standard InChI is InChI=1S/C14H21N5O/c1-5-11(4)14(20)18-19(9-10(2)3)13-6-7-16-12(8-15)17-13/h6-7,10-11H,5,9H2,1-4H3,(H,18,20). The maximum Gasteiger partial charge on any atom is 0.241 e. The lowest BCUT2D eigenvalue weighted by Crippen LogP contribution is -2.47. The molecule has 0 radical (unpaired) electrons. The average Bonchev–Trinajstić information content (AvgIpc) is 2.45. The average molecular weight is 275 g/mol. The molecule has 0 aliphatic heterocycles. The van der Waals surface area contributed by atoms with Gasteiger partial charge in [0.15, 0.2) is 5.82 Å². The number of nitrogens with zero attached hydrogens (tertiary/aromatic N) is 4. The summed E-state index contributed by atoms with van der Waals surface area (Å²) in [7, 11) is 0. The van der Waals surface area contributed by atoms with Crippen molar-refractivity contribution in [1.29, 1.82) is 5.26 Å². The van der Waals surface area contributed by atoms with E-state index in [1.165, 1.54) is 6.20 Å². The number of nitriles is 1. The van der Waals surface area contributed by atoms with Crippen molar-refractivity contribution in [2.45, 2.75) is 34.1 Å². The van der Waals surface area contributed by atoms with Crippen LogP contribution in [0.2, 0.25) is 0 Å². The largest absolute Gasteiger partial charge is 0.273 e.